The monoisotopic (exact) mass is 556 g/mol. The molecule has 202 valence electrons. The number of nitrogens with zero attached hydrogens (tertiary/aromatic N) is 1. The Hall–Kier alpha value is -5.80. The van der Waals surface area contributed by atoms with Crippen LogP contribution in [0.25, 0.3) is 65.8 Å². The molecule has 0 amide bonds. The number of hydrogen-bond donors (Lipinski definition) is 0. The van der Waals surface area contributed by atoms with Crippen molar-refractivity contribution in [3.63, 3.8) is 0 Å². The minimum atomic E-state index is -0.421. The molecule has 9 rings (SSSR count). The second-order valence-corrected chi connectivity index (χ2v) is 10.5. The van der Waals surface area contributed by atoms with Crippen LogP contribution in [-0.4, -0.2) is 0 Å². The van der Waals surface area contributed by atoms with E-state index < -0.39 is 6.04 Å². The number of fused-ring (bicyclic) bond motifs is 8. The highest BCUT2D eigenvalue weighted by Crippen LogP contribution is 2.46. The molecule has 0 saturated heterocycles. The predicted molar refractivity (Wildman–Crippen MR) is 179 cm³/mol. The first kappa shape index (κ1) is 19.3. The van der Waals surface area contributed by atoms with Crippen LogP contribution in [-0.2, 0) is 0 Å². The van der Waals surface area contributed by atoms with E-state index in [1.165, 1.54) is 0 Å². The van der Waals surface area contributed by atoms with E-state index in [1.807, 2.05) is 84.9 Å². The SMILES string of the molecule is [2H]c1c([2H])c([2H])c(-c2cc3c(oc4cccc(N(c5ccccc5)c5ccc6c(c5)oc5ccccc56)c43)c3ccccc23)c([2H])c1[2H]. The van der Waals surface area contributed by atoms with Crippen molar-refractivity contribution < 1.29 is 15.7 Å². The van der Waals surface area contributed by atoms with Crippen LogP contribution >= 0.6 is 0 Å². The van der Waals surface area contributed by atoms with Gasteiger partial charge < -0.3 is 13.7 Å². The second kappa shape index (κ2) is 9.37. The summed E-state index contributed by atoms with van der Waals surface area (Å²) < 4.78 is 55.5. The Morgan fingerprint density at radius 3 is 2.07 bits per heavy atom. The van der Waals surface area contributed by atoms with E-state index in [4.69, 9.17) is 15.7 Å². The lowest BCUT2D eigenvalue weighted by atomic mass is 9.95. The van der Waals surface area contributed by atoms with Gasteiger partial charge >= 0.3 is 0 Å². The van der Waals surface area contributed by atoms with Gasteiger partial charge in [0, 0.05) is 39.0 Å². The highest BCUT2D eigenvalue weighted by molar-refractivity contribution is 6.22. The fourth-order valence-electron chi connectivity index (χ4n) is 6.27. The van der Waals surface area contributed by atoms with Crippen LogP contribution in [0.15, 0.2) is 160 Å². The standard InChI is InChI=1S/C40H25NO2/c1-3-12-26(13-4-1)33-25-34-39-35(19-11-21-37(39)43-40(34)32-18-8-7-16-29(32)33)41(27-14-5-2-6-15-27)28-22-23-31-30-17-9-10-20-36(30)42-38(31)24-28/h1-25H/i1D,3D,4D,12D,13D. The first-order valence-corrected chi connectivity index (χ1v) is 14.1. The van der Waals surface area contributed by atoms with E-state index in [0.29, 0.717) is 16.7 Å². The lowest BCUT2D eigenvalue weighted by Crippen LogP contribution is -2.10. The minimum Gasteiger partial charge on any atom is -0.456 e. The number of para-hydroxylation sites is 2. The van der Waals surface area contributed by atoms with Crippen molar-refractivity contribution in [1.29, 1.82) is 0 Å². The maximum atomic E-state index is 8.81. The fourth-order valence-corrected chi connectivity index (χ4v) is 6.27. The van der Waals surface area contributed by atoms with E-state index in [2.05, 4.69) is 41.3 Å². The van der Waals surface area contributed by atoms with Crippen molar-refractivity contribution in [2.24, 2.45) is 0 Å². The number of furan rings is 2. The molecular weight excluding hydrogens is 526 g/mol. The van der Waals surface area contributed by atoms with Gasteiger partial charge in [0.25, 0.3) is 0 Å². The minimum absolute atomic E-state index is 0.154. The molecule has 0 fully saturated rings. The number of benzene rings is 7. The molecule has 0 radical (unpaired) electrons. The summed E-state index contributed by atoms with van der Waals surface area (Å²) in [7, 11) is 0. The largest absolute Gasteiger partial charge is 0.456 e. The fraction of sp³-hybridized carbons (Fsp3) is 0. The van der Waals surface area contributed by atoms with Crippen LogP contribution in [0.1, 0.15) is 6.85 Å². The van der Waals surface area contributed by atoms with Gasteiger partial charge in [0.05, 0.1) is 17.9 Å². The van der Waals surface area contributed by atoms with Crippen LogP contribution in [0.5, 0.6) is 0 Å². The van der Waals surface area contributed by atoms with Gasteiger partial charge in [-0.25, -0.2) is 0 Å². The Labute approximate surface area is 254 Å². The Kier molecular flexibility index (Phi) is 4.21. The van der Waals surface area contributed by atoms with Gasteiger partial charge in [-0.1, -0.05) is 96.9 Å². The van der Waals surface area contributed by atoms with Gasteiger partial charge in [0.2, 0.25) is 0 Å². The average molecular weight is 557 g/mol. The van der Waals surface area contributed by atoms with Crippen molar-refractivity contribution in [1.82, 2.24) is 0 Å². The summed E-state index contributed by atoms with van der Waals surface area (Å²) in [6.07, 6.45) is 0. The smallest absolute Gasteiger partial charge is 0.143 e. The van der Waals surface area contributed by atoms with Crippen molar-refractivity contribution in [3.8, 4) is 11.1 Å². The summed E-state index contributed by atoms with van der Waals surface area (Å²) in [6.45, 7) is 0. The maximum absolute atomic E-state index is 8.81. The Bertz CT molecular complexity index is 2720. The zero-order valence-electron chi connectivity index (χ0n) is 27.8. The van der Waals surface area contributed by atoms with Gasteiger partial charge in [0.15, 0.2) is 0 Å². The van der Waals surface area contributed by atoms with Crippen molar-refractivity contribution in [2.75, 3.05) is 4.90 Å². The van der Waals surface area contributed by atoms with Gasteiger partial charge in [-0.05, 0) is 65.0 Å². The highest BCUT2D eigenvalue weighted by Gasteiger charge is 2.22. The third kappa shape index (κ3) is 3.68. The Morgan fingerprint density at radius 1 is 0.488 bits per heavy atom. The van der Waals surface area contributed by atoms with Gasteiger partial charge in [-0.2, -0.15) is 0 Å². The molecule has 0 atom stereocenters. The highest BCUT2D eigenvalue weighted by atomic mass is 16.3. The zero-order valence-corrected chi connectivity index (χ0v) is 22.8. The van der Waals surface area contributed by atoms with Crippen LogP contribution in [0.2, 0.25) is 0 Å². The summed E-state index contributed by atoms with van der Waals surface area (Å²) in [5.74, 6) is 0. The molecule has 2 aromatic heterocycles. The third-order valence-electron chi connectivity index (χ3n) is 8.13. The topological polar surface area (TPSA) is 29.5 Å². The molecule has 2 heterocycles. The molecule has 0 saturated carbocycles. The van der Waals surface area contributed by atoms with Crippen LogP contribution in [0.3, 0.4) is 0 Å². The van der Waals surface area contributed by atoms with Crippen molar-refractivity contribution in [2.45, 2.75) is 0 Å². The van der Waals surface area contributed by atoms with Gasteiger partial charge in [-0.3, -0.25) is 0 Å². The van der Waals surface area contributed by atoms with E-state index in [-0.39, 0.29) is 29.7 Å². The predicted octanol–water partition coefficient (Wildman–Crippen LogP) is 11.8. The number of anilines is 3. The number of rotatable bonds is 4. The van der Waals surface area contributed by atoms with Crippen LogP contribution < -0.4 is 4.90 Å². The molecule has 3 nitrogen and oxygen atoms in total. The molecular formula is C40H25NO2. The molecule has 7 aromatic carbocycles. The van der Waals surface area contributed by atoms with Crippen molar-refractivity contribution >= 4 is 71.7 Å². The summed E-state index contributed by atoms with van der Waals surface area (Å²) >= 11 is 0. The quantitative estimate of drug-likeness (QED) is 0.216. The molecule has 9 aromatic rings. The van der Waals surface area contributed by atoms with E-state index >= 15 is 0 Å². The van der Waals surface area contributed by atoms with Crippen molar-refractivity contribution in [3.05, 3.63) is 152 Å². The second-order valence-electron chi connectivity index (χ2n) is 10.5. The summed E-state index contributed by atoms with van der Waals surface area (Å²) in [5.41, 5.74) is 6.29. The zero-order chi connectivity index (χ0) is 32.7. The van der Waals surface area contributed by atoms with Crippen LogP contribution in [0, 0.1) is 0 Å². The molecule has 3 heteroatoms. The maximum Gasteiger partial charge on any atom is 0.143 e. The Morgan fingerprint density at radius 2 is 1.21 bits per heavy atom. The first-order valence-electron chi connectivity index (χ1n) is 16.6. The molecule has 0 aliphatic carbocycles. The lowest BCUT2D eigenvalue weighted by Gasteiger charge is -2.26. The summed E-state index contributed by atoms with van der Waals surface area (Å²) in [6, 6.07) is 38.2. The molecule has 0 aliphatic rings. The molecule has 43 heavy (non-hydrogen) atoms. The Balaban J connectivity index is 1.37. The molecule has 0 bridgehead atoms. The summed E-state index contributed by atoms with van der Waals surface area (Å²) in [5, 5.41) is 5.21. The van der Waals surface area contributed by atoms with E-state index in [1.54, 1.807) is 0 Å². The van der Waals surface area contributed by atoms with Gasteiger partial charge in [0.1, 0.15) is 22.3 Å². The molecule has 0 aliphatic heterocycles. The van der Waals surface area contributed by atoms with Gasteiger partial charge in [-0.15, -0.1) is 0 Å². The lowest BCUT2D eigenvalue weighted by molar-refractivity contribution is 0.669. The number of hydrogen-bond acceptors (Lipinski definition) is 3. The van der Waals surface area contributed by atoms with Crippen LogP contribution in [0.4, 0.5) is 17.1 Å². The molecule has 0 unspecified atom stereocenters. The third-order valence-corrected chi connectivity index (χ3v) is 8.13. The molecule has 0 spiro atoms. The average Bonchev–Trinajstić information content (AvgIpc) is 3.69. The van der Waals surface area contributed by atoms with E-state index in [9.17, 15) is 0 Å². The summed E-state index contributed by atoms with van der Waals surface area (Å²) in [4.78, 5) is 2.17. The first-order chi connectivity index (χ1) is 23.4. The molecule has 0 N–H and O–H groups in total. The van der Waals surface area contributed by atoms with E-state index in [0.717, 1.165) is 60.5 Å². The normalized spacial score (nSPS) is 13.3.